The normalized spacial score (nSPS) is 13.2. The number of unbranched alkanes of at least 4 members (excludes halogenated alkanes) is 5. The summed E-state index contributed by atoms with van der Waals surface area (Å²) in [7, 11) is 0. The number of para-hydroxylation sites is 1. The first kappa shape index (κ1) is 24.4. The van der Waals surface area contributed by atoms with Crippen molar-refractivity contribution in [3.63, 3.8) is 0 Å². The molecule has 188 valence electrons. The van der Waals surface area contributed by atoms with E-state index in [1.807, 2.05) is 24.3 Å². The summed E-state index contributed by atoms with van der Waals surface area (Å²) in [5, 5.41) is 1.70. The van der Waals surface area contributed by atoms with Crippen LogP contribution in [0.3, 0.4) is 0 Å². The molecule has 8 nitrogen and oxygen atoms in total. The van der Waals surface area contributed by atoms with E-state index in [2.05, 4.69) is 21.9 Å². The molecule has 0 fully saturated rings. The van der Waals surface area contributed by atoms with E-state index in [9.17, 15) is 14.4 Å². The van der Waals surface area contributed by atoms with E-state index in [4.69, 9.17) is 10.5 Å². The number of pyridine rings is 2. The first-order chi connectivity index (χ1) is 18.0. The van der Waals surface area contributed by atoms with Crippen LogP contribution in [0.1, 0.15) is 76.8 Å². The van der Waals surface area contributed by atoms with Crippen LogP contribution in [-0.2, 0) is 4.74 Å². The molecule has 0 unspecified atom stereocenters. The van der Waals surface area contributed by atoms with Gasteiger partial charge in [-0.15, -0.1) is 0 Å². The maximum atomic E-state index is 13.0. The fraction of sp³-hybridized carbons (Fsp3) is 0.276. The summed E-state index contributed by atoms with van der Waals surface area (Å²) >= 11 is 0. The number of carbonyl (C=O) groups excluding carboxylic acids is 3. The molecule has 0 atom stereocenters. The lowest BCUT2D eigenvalue weighted by molar-refractivity contribution is 0.0491. The molecule has 0 spiro atoms. The molecule has 5 rings (SSSR count). The maximum absolute atomic E-state index is 13.0. The van der Waals surface area contributed by atoms with Gasteiger partial charge in [0.2, 0.25) is 5.78 Å². The molecule has 0 saturated carbocycles. The van der Waals surface area contributed by atoms with Crippen molar-refractivity contribution in [1.29, 1.82) is 0 Å². The molecule has 8 heteroatoms. The van der Waals surface area contributed by atoms with Gasteiger partial charge in [-0.2, -0.15) is 0 Å². The monoisotopic (exact) mass is 496 g/mol. The van der Waals surface area contributed by atoms with E-state index in [-0.39, 0.29) is 28.4 Å². The third kappa shape index (κ3) is 4.74. The minimum atomic E-state index is -0.515. The van der Waals surface area contributed by atoms with Crippen molar-refractivity contribution in [2.24, 2.45) is 5.73 Å². The molecule has 1 aliphatic carbocycles. The van der Waals surface area contributed by atoms with Gasteiger partial charge in [0, 0.05) is 22.4 Å². The Morgan fingerprint density at radius 3 is 2.57 bits per heavy atom. The molecule has 1 aromatic carbocycles. The lowest BCUT2D eigenvalue weighted by Gasteiger charge is -2.13. The highest BCUT2D eigenvalue weighted by atomic mass is 16.5. The second kappa shape index (κ2) is 10.3. The summed E-state index contributed by atoms with van der Waals surface area (Å²) in [6.07, 6.45) is 7.64. The smallest absolute Gasteiger partial charge is 0.356 e. The molecule has 3 N–H and O–H groups in total. The number of allylic oxidation sites excluding steroid dienone is 2. The summed E-state index contributed by atoms with van der Waals surface area (Å²) < 4.78 is 5.54. The van der Waals surface area contributed by atoms with Gasteiger partial charge >= 0.3 is 5.97 Å². The van der Waals surface area contributed by atoms with Gasteiger partial charge < -0.3 is 15.5 Å². The van der Waals surface area contributed by atoms with E-state index in [1.54, 1.807) is 18.2 Å². The van der Waals surface area contributed by atoms with Gasteiger partial charge in [0.1, 0.15) is 17.1 Å². The van der Waals surface area contributed by atoms with Crippen LogP contribution in [0.4, 0.5) is 0 Å². The molecule has 0 saturated heterocycles. The predicted octanol–water partition coefficient (Wildman–Crippen LogP) is 5.52. The van der Waals surface area contributed by atoms with Crippen LogP contribution in [-0.4, -0.2) is 39.1 Å². The Bertz CT molecular complexity index is 1570. The van der Waals surface area contributed by atoms with Crippen molar-refractivity contribution in [2.75, 3.05) is 6.61 Å². The third-order valence-electron chi connectivity index (χ3n) is 6.60. The second-order valence-corrected chi connectivity index (χ2v) is 9.24. The second-order valence-electron chi connectivity index (χ2n) is 9.24. The number of nitrogens with two attached hydrogens (primary N) is 1. The number of rotatable bonds is 9. The molecule has 0 bridgehead atoms. The fourth-order valence-electron chi connectivity index (χ4n) is 4.64. The van der Waals surface area contributed by atoms with Crippen LogP contribution in [0.15, 0.2) is 54.2 Å². The van der Waals surface area contributed by atoms with Crippen LogP contribution in [0.2, 0.25) is 0 Å². The zero-order valence-electron chi connectivity index (χ0n) is 20.7. The Morgan fingerprint density at radius 2 is 1.73 bits per heavy atom. The highest BCUT2D eigenvalue weighted by Gasteiger charge is 2.27. The largest absolute Gasteiger partial charge is 0.461 e. The fourth-order valence-corrected chi connectivity index (χ4v) is 4.64. The van der Waals surface area contributed by atoms with Crippen molar-refractivity contribution in [1.82, 2.24) is 15.0 Å². The first-order valence-electron chi connectivity index (χ1n) is 12.6. The number of H-pyrrole nitrogens is 1. The number of carbonyl (C=O) groups is 3. The minimum Gasteiger partial charge on any atom is -0.461 e. The van der Waals surface area contributed by atoms with Gasteiger partial charge in [-0.25, -0.2) is 14.8 Å². The standard InChI is InChI=1S/C29H28N4O4/c1-2-3-4-5-6-9-14-37-29(36)23-15-19-17-10-7-8-11-21(17)31-25(19)27(33-23)22-13-12-18-24(34)16-20(30)28(35)26(18)32-22/h7-8,10-13,15-16,31H,2-6,9,14,30H2,1H3. The van der Waals surface area contributed by atoms with Crippen LogP contribution in [0.5, 0.6) is 0 Å². The number of nitrogens with one attached hydrogen (secondary N) is 1. The van der Waals surface area contributed by atoms with Crippen molar-refractivity contribution in [3.05, 3.63) is 71.2 Å². The Morgan fingerprint density at radius 1 is 0.946 bits per heavy atom. The molecular formula is C29H28N4O4. The van der Waals surface area contributed by atoms with Gasteiger partial charge in [0.05, 0.1) is 29.1 Å². The molecular weight excluding hydrogens is 468 g/mol. The number of fused-ring (bicyclic) bond motifs is 4. The van der Waals surface area contributed by atoms with Gasteiger partial charge in [0.25, 0.3) is 0 Å². The van der Waals surface area contributed by atoms with Crippen LogP contribution in [0.25, 0.3) is 33.2 Å². The number of Topliss-reactive ketones (excluding diaryl/α,β-unsaturated/α-hetero) is 1. The van der Waals surface area contributed by atoms with Gasteiger partial charge in [-0.1, -0.05) is 57.2 Å². The quantitative estimate of drug-likeness (QED) is 0.231. The van der Waals surface area contributed by atoms with Crippen molar-refractivity contribution in [3.8, 4) is 11.4 Å². The van der Waals surface area contributed by atoms with Crippen molar-refractivity contribution >= 4 is 39.3 Å². The van der Waals surface area contributed by atoms with Crippen molar-refractivity contribution in [2.45, 2.75) is 45.4 Å². The van der Waals surface area contributed by atoms with Gasteiger partial charge in [-0.3, -0.25) is 9.59 Å². The number of ether oxygens (including phenoxy) is 1. The number of hydrogen-bond acceptors (Lipinski definition) is 7. The molecule has 0 amide bonds. The third-order valence-corrected chi connectivity index (χ3v) is 6.60. The first-order valence-corrected chi connectivity index (χ1v) is 12.6. The summed E-state index contributed by atoms with van der Waals surface area (Å²) in [6.45, 7) is 2.50. The molecule has 1 aliphatic rings. The van der Waals surface area contributed by atoms with Gasteiger partial charge in [0.15, 0.2) is 5.78 Å². The highest BCUT2D eigenvalue weighted by molar-refractivity contribution is 6.23. The molecule has 4 aromatic rings. The van der Waals surface area contributed by atoms with E-state index in [0.29, 0.717) is 23.5 Å². The predicted molar refractivity (Wildman–Crippen MR) is 141 cm³/mol. The average Bonchev–Trinajstić information content (AvgIpc) is 3.29. The molecule has 0 radical (unpaired) electrons. The Hall–Kier alpha value is -4.33. The van der Waals surface area contributed by atoms with Crippen LogP contribution < -0.4 is 5.73 Å². The summed E-state index contributed by atoms with van der Waals surface area (Å²) in [6, 6.07) is 12.6. The number of aromatic amines is 1. The van der Waals surface area contributed by atoms with Gasteiger partial charge in [-0.05, 0) is 30.7 Å². The van der Waals surface area contributed by atoms with Crippen LogP contribution in [0, 0.1) is 0 Å². The summed E-state index contributed by atoms with van der Waals surface area (Å²) in [5.74, 6) is -1.40. The lowest BCUT2D eigenvalue weighted by atomic mass is 9.97. The Balaban J connectivity index is 1.52. The molecule has 0 aliphatic heterocycles. The van der Waals surface area contributed by atoms with Crippen molar-refractivity contribution < 1.29 is 19.1 Å². The van der Waals surface area contributed by atoms with Crippen LogP contribution >= 0.6 is 0 Å². The van der Waals surface area contributed by atoms with E-state index < -0.39 is 11.8 Å². The molecule has 3 aromatic heterocycles. The summed E-state index contributed by atoms with van der Waals surface area (Å²) in [4.78, 5) is 50.4. The maximum Gasteiger partial charge on any atom is 0.356 e. The number of esters is 1. The van der Waals surface area contributed by atoms with E-state index in [0.717, 1.165) is 41.6 Å². The lowest BCUT2D eigenvalue weighted by Crippen LogP contribution is -2.23. The SMILES string of the molecule is CCCCCCCCOC(=O)c1cc2c([nH]c3ccccc32)c(-c2ccc3c(n2)C(=O)C(N)=CC3=O)n1. The number of aromatic nitrogens is 3. The van der Waals surface area contributed by atoms with E-state index in [1.165, 1.54) is 19.3 Å². The number of ketones is 2. The topological polar surface area (TPSA) is 128 Å². The number of nitrogens with zero attached hydrogens (tertiary/aromatic N) is 2. The number of hydrogen-bond donors (Lipinski definition) is 2. The zero-order chi connectivity index (χ0) is 25.9. The number of benzene rings is 1. The minimum absolute atomic E-state index is 0.0235. The Kier molecular flexibility index (Phi) is 6.81. The average molecular weight is 497 g/mol. The summed E-state index contributed by atoms with van der Waals surface area (Å²) in [5.41, 5.74) is 8.16. The highest BCUT2D eigenvalue weighted by Crippen LogP contribution is 2.33. The molecule has 3 heterocycles. The zero-order valence-corrected chi connectivity index (χ0v) is 20.7. The molecule has 37 heavy (non-hydrogen) atoms. The Labute approximate surface area is 213 Å². The van der Waals surface area contributed by atoms with E-state index >= 15 is 0 Å².